The van der Waals surface area contributed by atoms with Crippen molar-refractivity contribution in [2.45, 2.75) is 0 Å². The molecule has 10 heavy (non-hydrogen) atoms. The predicted octanol–water partition coefficient (Wildman–Crippen LogP) is 0.403. The first-order chi connectivity index (χ1) is 4.90. The molecule has 4 nitrogen and oxygen atoms in total. The lowest BCUT2D eigenvalue weighted by molar-refractivity contribution is 0.541. The minimum atomic E-state index is 0.661. The Balaban J connectivity index is 2.78. The third-order valence-corrected chi connectivity index (χ3v) is 1.35. The summed E-state index contributed by atoms with van der Waals surface area (Å²) in [6.45, 7) is 0. The Morgan fingerprint density at radius 2 is 2.60 bits per heavy atom. The molecule has 0 aliphatic rings. The van der Waals surface area contributed by atoms with Gasteiger partial charge < -0.3 is 4.98 Å². The van der Waals surface area contributed by atoms with Gasteiger partial charge >= 0.3 is 0 Å². The van der Waals surface area contributed by atoms with Gasteiger partial charge in [0.15, 0.2) is 0 Å². The van der Waals surface area contributed by atoms with Gasteiger partial charge in [-0.25, -0.2) is 4.68 Å². The summed E-state index contributed by atoms with van der Waals surface area (Å²) in [6, 6.07) is 1.81. The van der Waals surface area contributed by atoms with Crippen molar-refractivity contribution in [1.82, 2.24) is 14.8 Å². The summed E-state index contributed by atoms with van der Waals surface area (Å²) in [6.07, 6.45) is 4.09. The van der Waals surface area contributed by atoms with Crippen LogP contribution < -0.4 is 0 Å². The number of carbonyl (C=O) groups is 1. The van der Waals surface area contributed by atoms with Gasteiger partial charge in [0.1, 0.15) is 5.52 Å². The fourth-order valence-electron chi connectivity index (χ4n) is 0.904. The summed E-state index contributed by atoms with van der Waals surface area (Å²) in [5.74, 6) is 0. The minimum Gasteiger partial charge on any atom is -0.359 e. The van der Waals surface area contributed by atoms with Gasteiger partial charge in [-0.15, -0.1) is 0 Å². The van der Waals surface area contributed by atoms with Crippen LogP contribution >= 0.6 is 0 Å². The molecule has 0 aromatic carbocycles. The van der Waals surface area contributed by atoms with Crippen LogP contribution in [0.25, 0.3) is 11.0 Å². The Hall–Kier alpha value is -1.58. The van der Waals surface area contributed by atoms with Crippen LogP contribution in [0.4, 0.5) is 0 Å². The Bertz CT molecular complexity index is 331. The average molecular weight is 135 g/mol. The third kappa shape index (κ3) is 0.556. The number of carbonyl (C=O) groups excluding carboxylic acids is 1. The molecule has 0 fully saturated rings. The number of nitrogens with one attached hydrogen (secondary N) is 1. The number of hydrogen-bond donors (Lipinski definition) is 1. The van der Waals surface area contributed by atoms with E-state index in [1.54, 1.807) is 12.4 Å². The van der Waals surface area contributed by atoms with E-state index in [4.69, 9.17) is 0 Å². The van der Waals surface area contributed by atoms with E-state index in [2.05, 4.69) is 10.1 Å². The highest BCUT2D eigenvalue weighted by molar-refractivity contribution is 5.76. The zero-order chi connectivity index (χ0) is 6.97. The van der Waals surface area contributed by atoms with Crippen molar-refractivity contribution in [3.63, 3.8) is 0 Å². The van der Waals surface area contributed by atoms with Crippen LogP contribution in [0.3, 0.4) is 0 Å². The molecule has 1 N–H and O–H groups in total. The van der Waals surface area contributed by atoms with Crippen molar-refractivity contribution >= 4 is 17.4 Å². The molecular weight excluding hydrogens is 130 g/mol. The van der Waals surface area contributed by atoms with E-state index in [-0.39, 0.29) is 0 Å². The molecule has 50 valence electrons. The van der Waals surface area contributed by atoms with Gasteiger partial charge in [0.25, 0.3) is 0 Å². The van der Waals surface area contributed by atoms with Crippen molar-refractivity contribution in [2.75, 3.05) is 0 Å². The lowest BCUT2D eigenvalue weighted by Crippen LogP contribution is -1.92. The van der Waals surface area contributed by atoms with Gasteiger partial charge in [-0.05, 0) is 6.07 Å². The molecule has 0 unspecified atom stereocenters. The molecular formula is C6H5N3O. The van der Waals surface area contributed by atoms with Gasteiger partial charge in [-0.3, -0.25) is 4.79 Å². The first kappa shape index (κ1) is 5.22. The normalized spacial score (nSPS) is 10.4. The molecule has 0 saturated carbocycles. The van der Waals surface area contributed by atoms with Crippen molar-refractivity contribution in [2.24, 2.45) is 0 Å². The van der Waals surface area contributed by atoms with Crippen LogP contribution in [0.15, 0.2) is 18.5 Å². The monoisotopic (exact) mass is 135 g/mol. The largest absolute Gasteiger partial charge is 0.359 e. The van der Waals surface area contributed by atoms with E-state index >= 15 is 0 Å². The molecule has 4 heteroatoms. The number of aromatic nitrogens is 3. The number of fused-ring (bicyclic) bond motifs is 1. The quantitative estimate of drug-likeness (QED) is 0.575. The molecule has 0 bridgehead atoms. The van der Waals surface area contributed by atoms with E-state index in [0.717, 1.165) is 11.0 Å². The van der Waals surface area contributed by atoms with Crippen LogP contribution in [-0.2, 0) is 4.79 Å². The number of H-pyrrole nitrogens is 1. The highest BCUT2D eigenvalue weighted by Gasteiger charge is 1.97. The van der Waals surface area contributed by atoms with Crippen LogP contribution in [-0.4, -0.2) is 21.2 Å². The summed E-state index contributed by atoms with van der Waals surface area (Å²) < 4.78 is 1.24. The first-order valence-corrected chi connectivity index (χ1v) is 2.88. The molecule has 0 aliphatic heterocycles. The van der Waals surface area contributed by atoms with E-state index < -0.39 is 0 Å². The highest BCUT2D eigenvalue weighted by Crippen LogP contribution is 2.06. The Kier molecular flexibility index (Phi) is 0.887. The molecule has 2 aromatic heterocycles. The van der Waals surface area contributed by atoms with Crippen molar-refractivity contribution in [3.05, 3.63) is 18.5 Å². The summed E-state index contributed by atoms with van der Waals surface area (Å²) in [7, 11) is 0. The number of nitrogens with zero attached hydrogens (tertiary/aromatic N) is 2. The molecule has 0 saturated heterocycles. The second kappa shape index (κ2) is 1.70. The molecule has 0 amide bonds. The standard InChI is InChI=1S/C6H5N3O/c10-4-9-3-6-5(8-9)1-2-7-6/h1-4,7H. The number of aromatic amines is 1. The molecule has 0 spiro atoms. The zero-order valence-electron chi connectivity index (χ0n) is 5.11. The van der Waals surface area contributed by atoms with E-state index in [1.807, 2.05) is 6.07 Å². The second-order valence-electron chi connectivity index (χ2n) is 1.99. The van der Waals surface area contributed by atoms with Crippen LogP contribution in [0, 0.1) is 0 Å². The highest BCUT2D eigenvalue weighted by atomic mass is 16.1. The smallest absolute Gasteiger partial charge is 0.234 e. The summed E-state index contributed by atoms with van der Waals surface area (Å²) in [5.41, 5.74) is 1.69. The fourth-order valence-corrected chi connectivity index (χ4v) is 0.904. The van der Waals surface area contributed by atoms with Crippen LogP contribution in [0.5, 0.6) is 0 Å². The van der Waals surface area contributed by atoms with E-state index in [9.17, 15) is 4.79 Å². The Morgan fingerprint density at radius 3 is 3.30 bits per heavy atom. The Labute approximate surface area is 56.5 Å². The van der Waals surface area contributed by atoms with Crippen molar-refractivity contribution in [3.8, 4) is 0 Å². The number of rotatable bonds is 1. The molecule has 0 radical (unpaired) electrons. The van der Waals surface area contributed by atoms with Crippen molar-refractivity contribution in [1.29, 1.82) is 0 Å². The Morgan fingerprint density at radius 1 is 1.70 bits per heavy atom. The topological polar surface area (TPSA) is 50.7 Å². The second-order valence-corrected chi connectivity index (χ2v) is 1.99. The maximum atomic E-state index is 10.2. The third-order valence-electron chi connectivity index (χ3n) is 1.35. The fraction of sp³-hybridized carbons (Fsp3) is 0. The van der Waals surface area contributed by atoms with Gasteiger partial charge in [-0.1, -0.05) is 0 Å². The van der Waals surface area contributed by atoms with Gasteiger partial charge in [0.2, 0.25) is 6.41 Å². The summed E-state index contributed by atoms with van der Waals surface area (Å²) in [5, 5.41) is 3.91. The molecule has 2 aromatic rings. The van der Waals surface area contributed by atoms with E-state index in [1.165, 1.54) is 4.68 Å². The van der Waals surface area contributed by atoms with Crippen molar-refractivity contribution < 1.29 is 4.79 Å². The van der Waals surface area contributed by atoms with Crippen LogP contribution in [0.1, 0.15) is 0 Å². The summed E-state index contributed by atoms with van der Waals surface area (Å²) >= 11 is 0. The zero-order valence-corrected chi connectivity index (χ0v) is 5.11. The average Bonchev–Trinajstić information content (AvgIpc) is 2.42. The lowest BCUT2D eigenvalue weighted by Gasteiger charge is -1.78. The SMILES string of the molecule is O=Cn1cc2[nH]ccc2n1. The lowest BCUT2D eigenvalue weighted by atomic mass is 10.5. The number of hydrogen-bond acceptors (Lipinski definition) is 2. The van der Waals surface area contributed by atoms with Gasteiger partial charge in [0.05, 0.1) is 11.7 Å². The van der Waals surface area contributed by atoms with Crippen LogP contribution in [0.2, 0.25) is 0 Å². The maximum Gasteiger partial charge on any atom is 0.234 e. The van der Waals surface area contributed by atoms with Gasteiger partial charge in [0, 0.05) is 6.20 Å². The molecule has 2 rings (SSSR count). The molecule has 0 aliphatic carbocycles. The molecule has 2 heterocycles. The molecule has 0 atom stereocenters. The first-order valence-electron chi connectivity index (χ1n) is 2.88. The van der Waals surface area contributed by atoms with Gasteiger partial charge in [-0.2, -0.15) is 5.10 Å². The van der Waals surface area contributed by atoms with E-state index in [0.29, 0.717) is 6.41 Å². The maximum absolute atomic E-state index is 10.2. The summed E-state index contributed by atoms with van der Waals surface area (Å²) in [4.78, 5) is 13.1. The predicted molar refractivity (Wildman–Crippen MR) is 36.2 cm³/mol. The minimum absolute atomic E-state index is 0.661.